The number of ether oxygens (including phenoxy) is 2. The molecule has 1 amide bonds. The molecule has 2 heterocycles. The molecular formula is C31H32FN3O4. The molecule has 0 fully saturated rings. The molecule has 0 saturated carbocycles. The standard InChI is InChI=1S/C31H32FN3O4/c1-5-6-13-39-24-12-9-21(16-25(24)38-4)29-26-27(23-15-18(2)14-19(3)30(23)36)33-34-28(26)31(37)35(29)17-20-7-10-22(32)11-8-20/h7-12,14-16,29,36H,5-6,13,17H2,1-4H3,(H,33,34). The highest BCUT2D eigenvalue weighted by Gasteiger charge is 2.43. The first-order chi connectivity index (χ1) is 18.8. The largest absolute Gasteiger partial charge is 0.507 e. The summed E-state index contributed by atoms with van der Waals surface area (Å²) in [6.45, 7) is 6.72. The number of methoxy groups -OCH3 is 1. The molecule has 0 saturated heterocycles. The molecule has 4 aromatic rings. The number of halogens is 1. The summed E-state index contributed by atoms with van der Waals surface area (Å²) >= 11 is 0. The van der Waals surface area contributed by atoms with Gasteiger partial charge in [-0.15, -0.1) is 0 Å². The maximum atomic E-state index is 13.8. The van der Waals surface area contributed by atoms with Gasteiger partial charge in [-0.25, -0.2) is 4.39 Å². The number of hydrogen-bond donors (Lipinski definition) is 2. The summed E-state index contributed by atoms with van der Waals surface area (Å²) in [6, 6.07) is 15.0. The van der Waals surface area contributed by atoms with Crippen LogP contribution in [-0.2, 0) is 6.54 Å². The zero-order chi connectivity index (χ0) is 27.7. The van der Waals surface area contributed by atoms with Crippen molar-refractivity contribution < 1.29 is 23.8 Å². The van der Waals surface area contributed by atoms with Gasteiger partial charge in [0.25, 0.3) is 5.91 Å². The molecule has 8 heteroatoms. The van der Waals surface area contributed by atoms with Gasteiger partial charge in [-0.05, 0) is 72.9 Å². The summed E-state index contributed by atoms with van der Waals surface area (Å²) in [7, 11) is 1.59. The number of aromatic amines is 1. The van der Waals surface area contributed by atoms with Crippen LogP contribution in [-0.4, -0.2) is 39.8 Å². The third-order valence-corrected chi connectivity index (χ3v) is 7.09. The van der Waals surface area contributed by atoms with E-state index < -0.39 is 6.04 Å². The van der Waals surface area contributed by atoms with Gasteiger partial charge in [-0.2, -0.15) is 5.10 Å². The van der Waals surface area contributed by atoms with E-state index in [1.165, 1.54) is 12.1 Å². The number of amides is 1. The van der Waals surface area contributed by atoms with E-state index in [1.807, 2.05) is 44.2 Å². The normalized spacial score (nSPS) is 14.5. The number of aryl methyl sites for hydroxylation is 2. The number of carbonyl (C=O) groups excluding carboxylic acids is 1. The Labute approximate surface area is 227 Å². The van der Waals surface area contributed by atoms with Gasteiger partial charge >= 0.3 is 0 Å². The number of fused-ring (bicyclic) bond motifs is 1. The Balaban J connectivity index is 1.64. The van der Waals surface area contributed by atoms with Gasteiger partial charge in [-0.3, -0.25) is 9.89 Å². The van der Waals surface area contributed by atoms with Crippen molar-refractivity contribution in [2.45, 2.75) is 46.2 Å². The second-order valence-corrected chi connectivity index (χ2v) is 9.91. The Morgan fingerprint density at radius 2 is 1.85 bits per heavy atom. The number of nitrogens with one attached hydrogen (secondary N) is 1. The van der Waals surface area contributed by atoms with Crippen LogP contribution in [0.3, 0.4) is 0 Å². The predicted molar refractivity (Wildman–Crippen MR) is 147 cm³/mol. The van der Waals surface area contributed by atoms with E-state index in [-0.39, 0.29) is 24.0 Å². The number of rotatable bonds is 9. The minimum absolute atomic E-state index is 0.121. The Morgan fingerprint density at radius 1 is 1.08 bits per heavy atom. The average Bonchev–Trinajstić information content (AvgIpc) is 3.46. The van der Waals surface area contributed by atoms with Crippen molar-refractivity contribution in [3.05, 3.63) is 93.9 Å². The Morgan fingerprint density at radius 3 is 2.56 bits per heavy atom. The van der Waals surface area contributed by atoms with Crippen LogP contribution in [0.2, 0.25) is 0 Å². The second-order valence-electron chi connectivity index (χ2n) is 9.91. The maximum absolute atomic E-state index is 13.8. The fourth-order valence-electron chi connectivity index (χ4n) is 5.14. The van der Waals surface area contributed by atoms with Gasteiger partial charge < -0.3 is 19.5 Å². The second kappa shape index (κ2) is 10.8. The van der Waals surface area contributed by atoms with E-state index in [9.17, 15) is 14.3 Å². The third-order valence-electron chi connectivity index (χ3n) is 7.09. The van der Waals surface area contributed by atoms with Crippen molar-refractivity contribution in [3.8, 4) is 28.5 Å². The molecule has 1 aliphatic heterocycles. The summed E-state index contributed by atoms with van der Waals surface area (Å²) in [4.78, 5) is 15.5. The van der Waals surface area contributed by atoms with E-state index >= 15 is 0 Å². The van der Waals surface area contributed by atoms with Crippen molar-refractivity contribution in [3.63, 3.8) is 0 Å². The fraction of sp³-hybridized carbons (Fsp3) is 0.290. The van der Waals surface area contributed by atoms with Crippen LogP contribution in [0.15, 0.2) is 54.6 Å². The molecule has 1 aliphatic rings. The lowest BCUT2D eigenvalue weighted by Crippen LogP contribution is -2.29. The van der Waals surface area contributed by atoms with Gasteiger partial charge in [0, 0.05) is 17.7 Å². The number of nitrogens with zero attached hydrogens (tertiary/aromatic N) is 2. The first-order valence-corrected chi connectivity index (χ1v) is 13.1. The molecule has 39 heavy (non-hydrogen) atoms. The number of benzene rings is 3. The molecule has 1 unspecified atom stereocenters. The number of unbranched alkanes of at least 4 members (excludes halogenated alkanes) is 1. The van der Waals surface area contributed by atoms with E-state index in [2.05, 4.69) is 17.1 Å². The van der Waals surface area contributed by atoms with Gasteiger partial charge in [0.05, 0.1) is 19.8 Å². The summed E-state index contributed by atoms with van der Waals surface area (Å²) in [5, 5.41) is 18.4. The molecule has 7 nitrogen and oxygen atoms in total. The van der Waals surface area contributed by atoms with E-state index in [0.29, 0.717) is 40.6 Å². The lowest BCUT2D eigenvalue weighted by Gasteiger charge is -2.27. The highest BCUT2D eigenvalue weighted by Crippen LogP contribution is 2.47. The first kappa shape index (κ1) is 26.3. The average molecular weight is 530 g/mol. The fourth-order valence-corrected chi connectivity index (χ4v) is 5.14. The lowest BCUT2D eigenvalue weighted by atomic mass is 9.93. The predicted octanol–water partition coefficient (Wildman–Crippen LogP) is 6.47. The number of H-pyrrole nitrogens is 1. The minimum Gasteiger partial charge on any atom is -0.507 e. The molecular weight excluding hydrogens is 497 g/mol. The molecule has 1 atom stereocenters. The Hall–Kier alpha value is -4.33. The summed E-state index contributed by atoms with van der Waals surface area (Å²) in [5.74, 6) is 0.738. The molecule has 0 aliphatic carbocycles. The van der Waals surface area contributed by atoms with Gasteiger partial charge in [0.1, 0.15) is 23.0 Å². The van der Waals surface area contributed by atoms with Crippen molar-refractivity contribution in [2.24, 2.45) is 0 Å². The van der Waals surface area contributed by atoms with Crippen LogP contribution in [0.4, 0.5) is 4.39 Å². The van der Waals surface area contributed by atoms with E-state index in [4.69, 9.17) is 9.47 Å². The van der Waals surface area contributed by atoms with Crippen LogP contribution >= 0.6 is 0 Å². The summed E-state index contributed by atoms with van der Waals surface area (Å²) in [6.07, 6.45) is 1.94. The molecule has 202 valence electrons. The molecule has 0 radical (unpaired) electrons. The summed E-state index contributed by atoms with van der Waals surface area (Å²) in [5.41, 5.74) is 5.37. The van der Waals surface area contributed by atoms with Gasteiger partial charge in [-0.1, -0.05) is 37.6 Å². The number of aromatic hydroxyl groups is 1. The quantitative estimate of drug-likeness (QED) is 0.243. The highest BCUT2D eigenvalue weighted by atomic mass is 19.1. The van der Waals surface area contributed by atoms with Crippen LogP contribution in [0.25, 0.3) is 11.3 Å². The monoisotopic (exact) mass is 529 g/mol. The van der Waals surface area contributed by atoms with Crippen molar-refractivity contribution in [1.29, 1.82) is 0 Å². The van der Waals surface area contributed by atoms with Crippen LogP contribution in [0.1, 0.15) is 64.1 Å². The molecule has 1 aromatic heterocycles. The molecule has 3 aromatic carbocycles. The topological polar surface area (TPSA) is 87.7 Å². The smallest absolute Gasteiger partial charge is 0.273 e. The van der Waals surface area contributed by atoms with Crippen molar-refractivity contribution >= 4 is 5.91 Å². The number of hydrogen-bond acceptors (Lipinski definition) is 5. The van der Waals surface area contributed by atoms with Gasteiger partial charge in [0.2, 0.25) is 0 Å². The molecule has 0 spiro atoms. The van der Waals surface area contributed by atoms with Crippen LogP contribution in [0, 0.1) is 19.7 Å². The number of phenols is 1. The Kier molecular flexibility index (Phi) is 7.28. The van der Waals surface area contributed by atoms with Crippen LogP contribution < -0.4 is 9.47 Å². The lowest BCUT2D eigenvalue weighted by molar-refractivity contribution is 0.0730. The summed E-state index contributed by atoms with van der Waals surface area (Å²) < 4.78 is 25.2. The number of aromatic nitrogens is 2. The van der Waals surface area contributed by atoms with Crippen LogP contribution in [0.5, 0.6) is 17.2 Å². The first-order valence-electron chi connectivity index (χ1n) is 13.1. The van der Waals surface area contributed by atoms with E-state index in [1.54, 1.807) is 24.1 Å². The number of phenolic OH excluding ortho intramolecular Hbond substituents is 1. The highest BCUT2D eigenvalue weighted by molar-refractivity contribution is 6.00. The van der Waals surface area contributed by atoms with Crippen molar-refractivity contribution in [2.75, 3.05) is 13.7 Å². The SMILES string of the molecule is CCCCOc1ccc(C2c3c(-c4cc(C)cc(C)c4O)n[nH]c3C(=O)N2Cc2ccc(F)cc2)cc1OC. The van der Waals surface area contributed by atoms with Crippen molar-refractivity contribution in [1.82, 2.24) is 15.1 Å². The number of carbonyl (C=O) groups is 1. The molecule has 0 bridgehead atoms. The molecule has 2 N–H and O–H groups in total. The third kappa shape index (κ3) is 4.94. The minimum atomic E-state index is -0.537. The zero-order valence-corrected chi connectivity index (χ0v) is 22.5. The van der Waals surface area contributed by atoms with Gasteiger partial charge in [0.15, 0.2) is 11.5 Å². The van der Waals surface area contributed by atoms with E-state index in [0.717, 1.165) is 35.1 Å². The zero-order valence-electron chi connectivity index (χ0n) is 22.5. The molecule has 5 rings (SSSR count). The Bertz CT molecular complexity index is 1510. The maximum Gasteiger partial charge on any atom is 0.273 e.